The van der Waals surface area contributed by atoms with Gasteiger partial charge in [-0.3, -0.25) is 0 Å². The molecule has 2 heteroatoms. The van der Waals surface area contributed by atoms with Gasteiger partial charge in [0.25, 0.3) is 0 Å². The van der Waals surface area contributed by atoms with Crippen molar-refractivity contribution in [1.29, 1.82) is 0 Å². The van der Waals surface area contributed by atoms with Crippen molar-refractivity contribution in [2.75, 3.05) is 6.54 Å². The van der Waals surface area contributed by atoms with E-state index in [2.05, 4.69) is 75.9 Å². The van der Waals surface area contributed by atoms with Gasteiger partial charge < -0.3 is 9.88 Å². The number of nitrogens with one attached hydrogen (secondary N) is 1. The lowest BCUT2D eigenvalue weighted by molar-refractivity contribution is 0.430. The van der Waals surface area contributed by atoms with Gasteiger partial charge in [-0.1, -0.05) is 19.9 Å². The molecule has 2 rings (SSSR count). The summed E-state index contributed by atoms with van der Waals surface area (Å²) in [6, 6.07) is 6.88. The normalized spacial score (nSPS) is 12.6. The molecule has 2 aromatic rings. The molecule has 110 valence electrons. The second kappa shape index (κ2) is 5.61. The summed E-state index contributed by atoms with van der Waals surface area (Å²) in [6.45, 7) is 12.2. The SMILES string of the molecule is CC(C)c1ccc2c(c1)c(CCNC(C)(C)C)cn2C. The maximum atomic E-state index is 3.57. The standard InChI is InChI=1S/C18H28N2/c1-13(2)14-7-8-17-16(11-14)15(12-20(17)6)9-10-19-18(3,4)5/h7-8,11-13,19H,9-10H2,1-6H3. The summed E-state index contributed by atoms with van der Waals surface area (Å²) in [5.74, 6) is 0.583. The molecule has 0 saturated heterocycles. The highest BCUT2D eigenvalue weighted by Crippen LogP contribution is 2.25. The first-order valence-electron chi connectivity index (χ1n) is 7.61. The number of hydrogen-bond donors (Lipinski definition) is 1. The van der Waals surface area contributed by atoms with Gasteiger partial charge in [0, 0.05) is 29.7 Å². The predicted octanol–water partition coefficient (Wildman–Crippen LogP) is 4.23. The van der Waals surface area contributed by atoms with Crippen molar-refractivity contribution in [1.82, 2.24) is 9.88 Å². The van der Waals surface area contributed by atoms with E-state index in [9.17, 15) is 0 Å². The number of benzene rings is 1. The molecule has 0 saturated carbocycles. The number of fused-ring (bicyclic) bond motifs is 1. The molecule has 0 bridgehead atoms. The highest BCUT2D eigenvalue weighted by Gasteiger charge is 2.11. The van der Waals surface area contributed by atoms with Crippen molar-refractivity contribution >= 4 is 10.9 Å². The van der Waals surface area contributed by atoms with Crippen LogP contribution in [0.25, 0.3) is 10.9 Å². The van der Waals surface area contributed by atoms with E-state index in [4.69, 9.17) is 0 Å². The fourth-order valence-electron chi connectivity index (χ4n) is 2.62. The fraction of sp³-hybridized carbons (Fsp3) is 0.556. The van der Waals surface area contributed by atoms with Crippen molar-refractivity contribution in [2.45, 2.75) is 52.5 Å². The third-order valence-electron chi connectivity index (χ3n) is 3.81. The summed E-state index contributed by atoms with van der Waals surface area (Å²) in [5, 5.41) is 4.98. The molecule has 0 atom stereocenters. The Morgan fingerprint density at radius 1 is 1.20 bits per heavy atom. The summed E-state index contributed by atoms with van der Waals surface area (Å²) < 4.78 is 2.24. The Balaban J connectivity index is 2.26. The Labute approximate surface area is 123 Å². The fourth-order valence-corrected chi connectivity index (χ4v) is 2.62. The summed E-state index contributed by atoms with van der Waals surface area (Å²) >= 11 is 0. The van der Waals surface area contributed by atoms with Gasteiger partial charge in [-0.25, -0.2) is 0 Å². The van der Waals surface area contributed by atoms with E-state index in [1.807, 2.05) is 0 Å². The molecule has 2 nitrogen and oxygen atoms in total. The quantitative estimate of drug-likeness (QED) is 0.881. The minimum absolute atomic E-state index is 0.188. The molecule has 0 fully saturated rings. The first-order valence-corrected chi connectivity index (χ1v) is 7.61. The van der Waals surface area contributed by atoms with Gasteiger partial charge in [-0.05, 0) is 62.9 Å². The van der Waals surface area contributed by atoms with Gasteiger partial charge in [0.05, 0.1) is 0 Å². The summed E-state index contributed by atoms with van der Waals surface area (Å²) in [7, 11) is 2.14. The molecule has 0 aliphatic rings. The van der Waals surface area contributed by atoms with Crippen LogP contribution in [0.3, 0.4) is 0 Å². The number of rotatable bonds is 4. The number of aryl methyl sites for hydroxylation is 1. The third-order valence-corrected chi connectivity index (χ3v) is 3.81. The zero-order chi connectivity index (χ0) is 14.9. The highest BCUT2D eigenvalue weighted by atomic mass is 14.9. The summed E-state index contributed by atoms with van der Waals surface area (Å²) in [5.41, 5.74) is 4.39. The van der Waals surface area contributed by atoms with Gasteiger partial charge >= 0.3 is 0 Å². The molecular formula is C18H28N2. The average Bonchev–Trinajstić information content (AvgIpc) is 2.64. The van der Waals surface area contributed by atoms with Gasteiger partial charge in [-0.15, -0.1) is 0 Å². The Morgan fingerprint density at radius 3 is 2.50 bits per heavy atom. The Hall–Kier alpha value is -1.28. The molecular weight excluding hydrogens is 244 g/mol. The van der Waals surface area contributed by atoms with E-state index in [0.29, 0.717) is 5.92 Å². The second-order valence-electron chi connectivity index (χ2n) is 7.12. The molecule has 0 spiro atoms. The maximum absolute atomic E-state index is 3.57. The van der Waals surface area contributed by atoms with E-state index >= 15 is 0 Å². The van der Waals surface area contributed by atoms with Crippen LogP contribution in [0, 0.1) is 0 Å². The van der Waals surface area contributed by atoms with Gasteiger partial charge in [-0.2, -0.15) is 0 Å². The van der Waals surface area contributed by atoms with Crippen LogP contribution in [0.2, 0.25) is 0 Å². The summed E-state index contributed by atoms with van der Waals surface area (Å²) in [4.78, 5) is 0. The van der Waals surface area contributed by atoms with Crippen LogP contribution < -0.4 is 5.32 Å². The monoisotopic (exact) mass is 272 g/mol. The zero-order valence-electron chi connectivity index (χ0n) is 13.7. The Bertz CT molecular complexity index is 585. The molecule has 0 aliphatic carbocycles. The summed E-state index contributed by atoms with van der Waals surface area (Å²) in [6.07, 6.45) is 3.36. The molecule has 20 heavy (non-hydrogen) atoms. The average molecular weight is 272 g/mol. The van der Waals surface area contributed by atoms with Crippen LogP contribution in [0.1, 0.15) is 51.7 Å². The molecule has 0 amide bonds. The van der Waals surface area contributed by atoms with Crippen molar-refractivity contribution in [3.63, 3.8) is 0 Å². The van der Waals surface area contributed by atoms with Crippen LogP contribution in [-0.2, 0) is 13.5 Å². The smallest absolute Gasteiger partial charge is 0.0480 e. The lowest BCUT2D eigenvalue weighted by atomic mass is 9.99. The minimum Gasteiger partial charge on any atom is -0.350 e. The van der Waals surface area contributed by atoms with Gasteiger partial charge in [0.15, 0.2) is 0 Å². The second-order valence-corrected chi connectivity index (χ2v) is 7.12. The number of hydrogen-bond acceptors (Lipinski definition) is 1. The van der Waals surface area contributed by atoms with E-state index in [1.165, 1.54) is 22.0 Å². The van der Waals surface area contributed by atoms with Crippen molar-refractivity contribution in [2.24, 2.45) is 7.05 Å². The van der Waals surface area contributed by atoms with Crippen LogP contribution in [-0.4, -0.2) is 16.7 Å². The van der Waals surface area contributed by atoms with Crippen LogP contribution >= 0.6 is 0 Å². The lowest BCUT2D eigenvalue weighted by Crippen LogP contribution is -2.37. The maximum Gasteiger partial charge on any atom is 0.0480 e. The number of nitrogens with zero attached hydrogens (tertiary/aromatic N) is 1. The minimum atomic E-state index is 0.188. The molecule has 1 aromatic carbocycles. The molecule has 0 unspecified atom stereocenters. The van der Waals surface area contributed by atoms with Gasteiger partial charge in [0.1, 0.15) is 0 Å². The first kappa shape index (κ1) is 15.1. The zero-order valence-corrected chi connectivity index (χ0v) is 13.7. The van der Waals surface area contributed by atoms with E-state index < -0.39 is 0 Å². The van der Waals surface area contributed by atoms with E-state index in [0.717, 1.165) is 13.0 Å². The van der Waals surface area contributed by atoms with Crippen LogP contribution in [0.4, 0.5) is 0 Å². The molecule has 0 aliphatic heterocycles. The topological polar surface area (TPSA) is 17.0 Å². The molecule has 1 heterocycles. The van der Waals surface area contributed by atoms with E-state index in [1.54, 1.807) is 0 Å². The molecule has 0 radical (unpaired) electrons. The van der Waals surface area contributed by atoms with Crippen molar-refractivity contribution in [3.8, 4) is 0 Å². The lowest BCUT2D eigenvalue weighted by Gasteiger charge is -2.20. The largest absolute Gasteiger partial charge is 0.350 e. The Kier molecular flexibility index (Phi) is 4.24. The molecule has 1 N–H and O–H groups in total. The van der Waals surface area contributed by atoms with Crippen LogP contribution in [0.15, 0.2) is 24.4 Å². The highest BCUT2D eigenvalue weighted by molar-refractivity contribution is 5.84. The van der Waals surface area contributed by atoms with Crippen molar-refractivity contribution < 1.29 is 0 Å². The predicted molar refractivity (Wildman–Crippen MR) is 88.5 cm³/mol. The number of aromatic nitrogens is 1. The molecule has 1 aromatic heterocycles. The Morgan fingerprint density at radius 2 is 1.90 bits per heavy atom. The van der Waals surface area contributed by atoms with Crippen molar-refractivity contribution in [3.05, 3.63) is 35.5 Å². The van der Waals surface area contributed by atoms with E-state index in [-0.39, 0.29) is 5.54 Å². The first-order chi connectivity index (χ1) is 9.28. The van der Waals surface area contributed by atoms with Crippen LogP contribution in [0.5, 0.6) is 0 Å². The third kappa shape index (κ3) is 3.43. The van der Waals surface area contributed by atoms with Gasteiger partial charge in [0.2, 0.25) is 0 Å².